The molecule has 0 radical (unpaired) electrons. The molecule has 0 aliphatic heterocycles. The van der Waals surface area contributed by atoms with E-state index in [1.165, 1.54) is 0 Å². The summed E-state index contributed by atoms with van der Waals surface area (Å²) in [7, 11) is 0. The fourth-order valence-electron chi connectivity index (χ4n) is 1.89. The molecule has 1 aromatic carbocycles. The Morgan fingerprint density at radius 2 is 1.81 bits per heavy atom. The molecule has 0 amide bonds. The topological polar surface area (TPSA) is 77.8 Å². The predicted molar refractivity (Wildman–Crippen MR) is 82.4 cm³/mol. The van der Waals surface area contributed by atoms with Gasteiger partial charge in [0.2, 0.25) is 0 Å². The van der Waals surface area contributed by atoms with Gasteiger partial charge in [0.1, 0.15) is 5.69 Å². The molecular weight excluding hydrogens is 332 g/mol. The molecule has 0 saturated heterocycles. The average molecular weight is 345 g/mol. The lowest BCUT2D eigenvalue weighted by molar-refractivity contribution is 0.422. The van der Waals surface area contributed by atoms with E-state index in [0.717, 1.165) is 15.6 Å². The van der Waals surface area contributed by atoms with Crippen LogP contribution in [0.5, 0.6) is 0 Å². The van der Waals surface area contributed by atoms with Crippen molar-refractivity contribution in [3.05, 3.63) is 64.0 Å². The second-order valence-corrected chi connectivity index (χ2v) is 5.49. The van der Waals surface area contributed by atoms with Crippen LogP contribution in [0.3, 0.4) is 0 Å². The first-order valence-corrected chi connectivity index (χ1v) is 7.26. The van der Waals surface area contributed by atoms with Gasteiger partial charge in [-0.15, -0.1) is 0 Å². The Kier molecular flexibility index (Phi) is 4.08. The van der Waals surface area contributed by atoms with Gasteiger partial charge in [-0.2, -0.15) is 4.98 Å². The minimum Gasteiger partial charge on any atom is -0.332 e. The van der Waals surface area contributed by atoms with Gasteiger partial charge >= 0.3 is 0 Å². The van der Waals surface area contributed by atoms with Gasteiger partial charge in [-0.3, -0.25) is 4.98 Å². The third-order valence-electron chi connectivity index (χ3n) is 3.02. The molecule has 2 heterocycles. The van der Waals surface area contributed by atoms with Crippen LogP contribution >= 0.6 is 15.9 Å². The van der Waals surface area contributed by atoms with Crippen LogP contribution in [-0.4, -0.2) is 15.1 Å². The Morgan fingerprint density at radius 1 is 1.05 bits per heavy atom. The molecule has 0 saturated carbocycles. The first-order valence-electron chi connectivity index (χ1n) is 6.47. The number of halogens is 1. The summed E-state index contributed by atoms with van der Waals surface area (Å²) in [5.41, 5.74) is 8.29. The minimum absolute atomic E-state index is 0.422. The smallest absolute Gasteiger partial charge is 0.276 e. The number of rotatable bonds is 4. The molecule has 2 N–H and O–H groups in total. The van der Waals surface area contributed by atoms with E-state index in [4.69, 9.17) is 10.3 Å². The molecule has 3 rings (SSSR count). The van der Waals surface area contributed by atoms with Crippen molar-refractivity contribution in [2.45, 2.75) is 13.0 Å². The fourth-order valence-corrected chi connectivity index (χ4v) is 2.15. The largest absolute Gasteiger partial charge is 0.332 e. The van der Waals surface area contributed by atoms with Gasteiger partial charge in [-0.05, 0) is 29.3 Å². The number of nitrogens with zero attached hydrogens (tertiary/aromatic N) is 3. The van der Waals surface area contributed by atoms with Gasteiger partial charge in [-0.1, -0.05) is 39.3 Å². The predicted octanol–water partition coefficient (Wildman–Crippen LogP) is 2.94. The molecule has 0 bridgehead atoms. The fraction of sp³-hybridized carbons (Fsp3) is 0.133. The van der Waals surface area contributed by atoms with Crippen molar-refractivity contribution >= 4 is 15.9 Å². The second kappa shape index (κ2) is 6.15. The van der Waals surface area contributed by atoms with Gasteiger partial charge in [0.15, 0.2) is 5.82 Å². The molecular formula is C15H13BrN4O. The summed E-state index contributed by atoms with van der Waals surface area (Å²) in [6.07, 6.45) is 2.34. The molecule has 106 valence electrons. The minimum atomic E-state index is 0.422. The van der Waals surface area contributed by atoms with Crippen LogP contribution in [0.1, 0.15) is 17.0 Å². The van der Waals surface area contributed by atoms with Gasteiger partial charge in [-0.25, -0.2) is 0 Å². The Balaban J connectivity index is 1.77. The van der Waals surface area contributed by atoms with Crippen molar-refractivity contribution in [3.8, 4) is 11.6 Å². The zero-order valence-electron chi connectivity index (χ0n) is 11.2. The summed E-state index contributed by atoms with van der Waals surface area (Å²) in [6, 6.07) is 11.8. The summed E-state index contributed by atoms with van der Waals surface area (Å²) in [5, 5.41) is 3.99. The summed E-state index contributed by atoms with van der Waals surface area (Å²) < 4.78 is 6.30. The van der Waals surface area contributed by atoms with Crippen LogP contribution in [0.25, 0.3) is 11.6 Å². The van der Waals surface area contributed by atoms with E-state index in [-0.39, 0.29) is 0 Å². The summed E-state index contributed by atoms with van der Waals surface area (Å²) >= 11 is 3.41. The Labute approximate surface area is 130 Å². The number of hydrogen-bond donors (Lipinski definition) is 1. The maximum atomic E-state index is 5.54. The van der Waals surface area contributed by atoms with Crippen LogP contribution < -0.4 is 5.73 Å². The molecule has 21 heavy (non-hydrogen) atoms. The molecule has 0 spiro atoms. The first kappa shape index (κ1) is 13.9. The maximum absolute atomic E-state index is 5.54. The Bertz CT molecular complexity index is 722. The molecule has 0 aliphatic carbocycles. The molecule has 0 unspecified atom stereocenters. The summed E-state index contributed by atoms with van der Waals surface area (Å²) in [4.78, 5) is 8.64. The van der Waals surface area contributed by atoms with Crippen LogP contribution in [0.4, 0.5) is 0 Å². The number of benzene rings is 1. The van der Waals surface area contributed by atoms with Crippen molar-refractivity contribution in [2.75, 3.05) is 0 Å². The van der Waals surface area contributed by atoms with E-state index in [1.54, 1.807) is 6.20 Å². The highest BCUT2D eigenvalue weighted by Gasteiger charge is 2.10. The van der Waals surface area contributed by atoms with Crippen molar-refractivity contribution in [1.82, 2.24) is 15.1 Å². The Hall–Kier alpha value is -2.05. The monoisotopic (exact) mass is 344 g/mol. The van der Waals surface area contributed by atoms with E-state index >= 15 is 0 Å². The normalized spacial score (nSPS) is 10.8. The third-order valence-corrected chi connectivity index (χ3v) is 3.55. The zero-order chi connectivity index (χ0) is 14.7. The van der Waals surface area contributed by atoms with Gasteiger partial charge < -0.3 is 10.3 Å². The highest BCUT2D eigenvalue weighted by atomic mass is 79.9. The van der Waals surface area contributed by atoms with Crippen molar-refractivity contribution in [3.63, 3.8) is 0 Å². The molecule has 6 heteroatoms. The first-order chi connectivity index (χ1) is 10.2. The van der Waals surface area contributed by atoms with Crippen molar-refractivity contribution < 1.29 is 4.52 Å². The molecule has 2 aromatic heterocycles. The molecule has 0 atom stereocenters. The standard InChI is InChI=1S/C15H13BrN4O/c16-12-4-1-10(2-5-12)7-14-19-15(21-20-14)13-6-3-11(8-17)9-18-13/h1-6,9H,7-8,17H2. The molecule has 5 nitrogen and oxygen atoms in total. The lowest BCUT2D eigenvalue weighted by atomic mass is 10.1. The van der Waals surface area contributed by atoms with Crippen LogP contribution in [0.15, 0.2) is 51.6 Å². The van der Waals surface area contributed by atoms with Crippen molar-refractivity contribution in [1.29, 1.82) is 0 Å². The van der Waals surface area contributed by atoms with Crippen LogP contribution in [0.2, 0.25) is 0 Å². The van der Waals surface area contributed by atoms with E-state index in [9.17, 15) is 0 Å². The number of nitrogens with two attached hydrogens (primary N) is 1. The highest BCUT2D eigenvalue weighted by molar-refractivity contribution is 9.10. The lowest BCUT2D eigenvalue weighted by Gasteiger charge is -1.97. The van der Waals surface area contributed by atoms with Crippen molar-refractivity contribution in [2.24, 2.45) is 5.73 Å². The summed E-state index contributed by atoms with van der Waals surface area (Å²) in [5.74, 6) is 1.06. The molecule has 0 aliphatic rings. The number of aromatic nitrogens is 3. The SMILES string of the molecule is NCc1ccc(-c2nc(Cc3ccc(Br)cc3)no2)nc1. The zero-order valence-corrected chi connectivity index (χ0v) is 12.7. The summed E-state index contributed by atoms with van der Waals surface area (Å²) in [6.45, 7) is 0.464. The van der Waals surface area contributed by atoms with E-state index in [2.05, 4.69) is 31.1 Å². The Morgan fingerprint density at radius 3 is 2.48 bits per heavy atom. The van der Waals surface area contributed by atoms with Crippen LogP contribution in [-0.2, 0) is 13.0 Å². The second-order valence-electron chi connectivity index (χ2n) is 4.57. The molecule has 0 fully saturated rings. The number of pyridine rings is 1. The lowest BCUT2D eigenvalue weighted by Crippen LogP contribution is -1.97. The van der Waals surface area contributed by atoms with Gasteiger partial charge in [0.05, 0.1) is 0 Å². The number of hydrogen-bond acceptors (Lipinski definition) is 5. The van der Waals surface area contributed by atoms with E-state index in [0.29, 0.717) is 30.4 Å². The van der Waals surface area contributed by atoms with Gasteiger partial charge in [0, 0.05) is 23.6 Å². The molecule has 3 aromatic rings. The van der Waals surface area contributed by atoms with Crippen LogP contribution in [0, 0.1) is 0 Å². The van der Waals surface area contributed by atoms with E-state index < -0.39 is 0 Å². The highest BCUT2D eigenvalue weighted by Crippen LogP contribution is 2.17. The third kappa shape index (κ3) is 3.34. The quantitative estimate of drug-likeness (QED) is 0.787. The van der Waals surface area contributed by atoms with E-state index in [1.807, 2.05) is 36.4 Å². The van der Waals surface area contributed by atoms with Gasteiger partial charge in [0.25, 0.3) is 5.89 Å². The average Bonchev–Trinajstić information content (AvgIpc) is 2.98. The maximum Gasteiger partial charge on any atom is 0.276 e.